The molecule has 24 heavy (non-hydrogen) atoms. The van der Waals surface area contributed by atoms with Gasteiger partial charge in [-0.25, -0.2) is 9.38 Å². The summed E-state index contributed by atoms with van der Waals surface area (Å²) in [6, 6.07) is 10.1. The Labute approximate surface area is 146 Å². The van der Waals surface area contributed by atoms with E-state index in [1.807, 2.05) is 45.0 Å². The molecule has 0 N–H and O–H groups in total. The number of halogens is 1. The van der Waals surface area contributed by atoms with Gasteiger partial charge in [0.05, 0.1) is 17.8 Å². The van der Waals surface area contributed by atoms with Crippen molar-refractivity contribution in [2.24, 2.45) is 4.99 Å². The van der Waals surface area contributed by atoms with E-state index >= 15 is 0 Å². The van der Waals surface area contributed by atoms with Gasteiger partial charge in [0.15, 0.2) is 5.78 Å². The van der Waals surface area contributed by atoms with Crippen LogP contribution < -0.4 is 0 Å². The van der Waals surface area contributed by atoms with Gasteiger partial charge in [0.1, 0.15) is 5.82 Å². The highest BCUT2D eigenvalue weighted by atomic mass is 32.2. The van der Waals surface area contributed by atoms with Crippen LogP contribution in [0.5, 0.6) is 0 Å². The molecule has 0 aliphatic carbocycles. The first-order valence-electron chi connectivity index (χ1n) is 7.60. The van der Waals surface area contributed by atoms with Gasteiger partial charge in [0.2, 0.25) is 0 Å². The van der Waals surface area contributed by atoms with Crippen molar-refractivity contribution in [1.29, 1.82) is 0 Å². The monoisotopic (exact) mass is 344 g/mol. The van der Waals surface area contributed by atoms with E-state index in [4.69, 9.17) is 0 Å². The standard InChI is InChI=1S/C19H21FN2OS/c1-13-9-18(21-12-22(3)4)14(2)8-17(13)19(23)11-24-16-7-5-6-15(20)10-16/h5-10,12H,11H2,1-4H3/b21-12-. The van der Waals surface area contributed by atoms with Gasteiger partial charge in [-0.3, -0.25) is 4.79 Å². The number of carbonyl (C=O) groups excluding carboxylic acids is 1. The molecule has 0 aliphatic heterocycles. The Kier molecular flexibility index (Phi) is 6.15. The summed E-state index contributed by atoms with van der Waals surface area (Å²) in [5.41, 5.74) is 3.41. The van der Waals surface area contributed by atoms with Gasteiger partial charge >= 0.3 is 0 Å². The number of hydrogen-bond donors (Lipinski definition) is 0. The van der Waals surface area contributed by atoms with Gasteiger partial charge in [-0.2, -0.15) is 0 Å². The van der Waals surface area contributed by atoms with Crippen LogP contribution in [-0.2, 0) is 0 Å². The van der Waals surface area contributed by atoms with Crippen molar-refractivity contribution in [1.82, 2.24) is 4.90 Å². The van der Waals surface area contributed by atoms with Crippen LogP contribution in [0.15, 0.2) is 46.3 Å². The molecule has 126 valence electrons. The number of aryl methyl sites for hydroxylation is 2. The average molecular weight is 344 g/mol. The zero-order valence-corrected chi connectivity index (χ0v) is 15.2. The molecule has 2 aromatic carbocycles. The summed E-state index contributed by atoms with van der Waals surface area (Å²) in [5, 5.41) is 0. The van der Waals surface area contributed by atoms with Crippen molar-refractivity contribution in [3.05, 3.63) is 58.9 Å². The van der Waals surface area contributed by atoms with Crippen LogP contribution in [0.25, 0.3) is 0 Å². The molecule has 0 spiro atoms. The van der Waals surface area contributed by atoms with Crippen molar-refractivity contribution in [2.45, 2.75) is 18.7 Å². The van der Waals surface area contributed by atoms with Crippen LogP contribution >= 0.6 is 11.8 Å². The van der Waals surface area contributed by atoms with Gasteiger partial charge < -0.3 is 4.90 Å². The molecule has 0 aromatic heterocycles. The van der Waals surface area contributed by atoms with E-state index in [1.54, 1.807) is 18.5 Å². The summed E-state index contributed by atoms with van der Waals surface area (Å²) in [6.45, 7) is 3.85. The smallest absolute Gasteiger partial charge is 0.173 e. The van der Waals surface area contributed by atoms with E-state index in [2.05, 4.69) is 4.99 Å². The van der Waals surface area contributed by atoms with Gasteiger partial charge in [-0.1, -0.05) is 6.07 Å². The fraction of sp³-hybridized carbons (Fsp3) is 0.263. The molecule has 3 nitrogen and oxygen atoms in total. The minimum Gasteiger partial charge on any atom is -0.369 e. The normalized spacial score (nSPS) is 11.0. The molecule has 0 fully saturated rings. The molecule has 0 unspecified atom stereocenters. The first-order chi connectivity index (χ1) is 11.4. The second-order valence-corrected chi connectivity index (χ2v) is 6.88. The summed E-state index contributed by atoms with van der Waals surface area (Å²) in [4.78, 5) is 19.5. The van der Waals surface area contributed by atoms with E-state index in [0.717, 1.165) is 21.7 Å². The predicted molar refractivity (Wildman–Crippen MR) is 99.2 cm³/mol. The van der Waals surface area contributed by atoms with E-state index in [-0.39, 0.29) is 17.4 Å². The third-order valence-electron chi connectivity index (χ3n) is 3.44. The summed E-state index contributed by atoms with van der Waals surface area (Å²) in [7, 11) is 3.82. The molecule has 0 amide bonds. The predicted octanol–water partition coefficient (Wildman–Crippen LogP) is 4.64. The van der Waals surface area contributed by atoms with Crippen molar-refractivity contribution in [3.63, 3.8) is 0 Å². The minimum atomic E-state index is -0.289. The average Bonchev–Trinajstić information content (AvgIpc) is 2.53. The molecule has 0 saturated carbocycles. The number of nitrogens with zero attached hydrogens (tertiary/aromatic N) is 2. The lowest BCUT2D eigenvalue weighted by Crippen LogP contribution is -2.08. The molecule has 0 atom stereocenters. The lowest BCUT2D eigenvalue weighted by Gasteiger charge is -2.10. The van der Waals surface area contributed by atoms with Crippen LogP contribution in [-0.4, -0.2) is 36.9 Å². The number of ketones is 1. The van der Waals surface area contributed by atoms with Crippen molar-refractivity contribution >= 4 is 29.6 Å². The molecular weight excluding hydrogens is 323 g/mol. The van der Waals surface area contributed by atoms with Crippen molar-refractivity contribution in [2.75, 3.05) is 19.8 Å². The number of hydrogen-bond acceptors (Lipinski definition) is 3. The number of benzene rings is 2. The first-order valence-corrected chi connectivity index (χ1v) is 8.59. The summed E-state index contributed by atoms with van der Waals surface area (Å²) in [6.07, 6.45) is 1.74. The van der Waals surface area contributed by atoms with Crippen LogP contribution in [0.3, 0.4) is 0 Å². The maximum atomic E-state index is 13.2. The van der Waals surface area contributed by atoms with E-state index in [1.165, 1.54) is 23.9 Å². The number of carbonyl (C=O) groups is 1. The Bertz CT molecular complexity index is 772. The van der Waals surface area contributed by atoms with Crippen molar-refractivity contribution in [3.8, 4) is 0 Å². The molecule has 0 saturated heterocycles. The highest BCUT2D eigenvalue weighted by Gasteiger charge is 2.12. The quantitative estimate of drug-likeness (QED) is 0.331. The molecule has 0 aliphatic rings. The van der Waals surface area contributed by atoms with Crippen LogP contribution in [0.1, 0.15) is 21.5 Å². The number of thioether (sulfide) groups is 1. The van der Waals surface area contributed by atoms with Gasteiger partial charge in [0.25, 0.3) is 0 Å². The molecular formula is C19H21FN2OS. The zero-order valence-electron chi connectivity index (χ0n) is 14.3. The fourth-order valence-electron chi connectivity index (χ4n) is 2.20. The fourth-order valence-corrected chi connectivity index (χ4v) is 3.03. The van der Waals surface area contributed by atoms with Crippen LogP contribution in [0.2, 0.25) is 0 Å². The van der Waals surface area contributed by atoms with E-state index < -0.39 is 0 Å². The molecule has 5 heteroatoms. The summed E-state index contributed by atoms with van der Waals surface area (Å²) >= 11 is 1.34. The number of rotatable bonds is 6. The SMILES string of the molecule is Cc1cc(C(=O)CSc2cccc(F)c2)c(C)cc1/N=C\N(C)C. The largest absolute Gasteiger partial charge is 0.369 e. The molecule has 2 rings (SSSR count). The minimum absolute atomic E-state index is 0.0352. The second-order valence-electron chi connectivity index (χ2n) is 5.83. The zero-order chi connectivity index (χ0) is 17.7. The summed E-state index contributed by atoms with van der Waals surface area (Å²) in [5.74, 6) is 0.0277. The van der Waals surface area contributed by atoms with Gasteiger partial charge in [-0.15, -0.1) is 11.8 Å². The molecule has 0 radical (unpaired) electrons. The third-order valence-corrected chi connectivity index (χ3v) is 4.43. The highest BCUT2D eigenvalue weighted by Crippen LogP contribution is 2.26. The van der Waals surface area contributed by atoms with Crippen LogP contribution in [0, 0.1) is 19.7 Å². The van der Waals surface area contributed by atoms with Crippen LogP contribution in [0.4, 0.5) is 10.1 Å². The molecule has 0 heterocycles. The maximum absolute atomic E-state index is 13.2. The lowest BCUT2D eigenvalue weighted by molar-refractivity contribution is 0.102. The first kappa shape index (κ1) is 18.2. The number of Topliss-reactive ketones (excluding diaryl/α,β-unsaturated/α-hetero) is 1. The third kappa shape index (κ3) is 4.93. The Morgan fingerprint density at radius 1 is 1.21 bits per heavy atom. The van der Waals surface area contributed by atoms with Crippen molar-refractivity contribution < 1.29 is 9.18 Å². The second kappa shape index (κ2) is 8.11. The van der Waals surface area contributed by atoms with Gasteiger partial charge in [0, 0.05) is 24.6 Å². The van der Waals surface area contributed by atoms with E-state index in [0.29, 0.717) is 5.56 Å². The Morgan fingerprint density at radius 3 is 2.62 bits per heavy atom. The summed E-state index contributed by atoms with van der Waals surface area (Å²) < 4.78 is 13.2. The topological polar surface area (TPSA) is 32.7 Å². The maximum Gasteiger partial charge on any atom is 0.173 e. The van der Waals surface area contributed by atoms with Gasteiger partial charge in [-0.05, 0) is 55.3 Å². The Morgan fingerprint density at radius 2 is 1.96 bits per heavy atom. The molecule has 0 bridgehead atoms. The highest BCUT2D eigenvalue weighted by molar-refractivity contribution is 8.00. The van der Waals surface area contributed by atoms with E-state index in [9.17, 15) is 9.18 Å². The number of aliphatic imine (C=N–C) groups is 1. The Hall–Kier alpha value is -2.14. The Balaban J connectivity index is 2.13. The molecule has 2 aromatic rings. The lowest BCUT2D eigenvalue weighted by atomic mass is 10.0.